The Morgan fingerprint density at radius 1 is 0.176 bits per heavy atom. The largest absolute Gasteiger partial charge is 0.208 e. The first kappa shape index (κ1) is 39.3. The second kappa shape index (κ2) is 16.4. The summed E-state index contributed by atoms with van der Waals surface area (Å²) in [5.74, 6) is 1.87. The van der Waals surface area contributed by atoms with Crippen molar-refractivity contribution in [2.45, 2.75) is 0 Å². The summed E-state index contributed by atoms with van der Waals surface area (Å²) in [6, 6.07) is 89.2. The number of hydrogen-bond donors (Lipinski definition) is 0. The summed E-state index contributed by atoms with van der Waals surface area (Å²) >= 11 is 0. The van der Waals surface area contributed by atoms with Crippen molar-refractivity contribution in [3.8, 4) is 78.7 Å². The lowest BCUT2D eigenvalue weighted by Gasteiger charge is -2.13. The van der Waals surface area contributed by atoms with Crippen molar-refractivity contribution in [1.82, 2.24) is 15.0 Å². The van der Waals surface area contributed by atoms with Gasteiger partial charge >= 0.3 is 0 Å². The highest BCUT2D eigenvalue weighted by Gasteiger charge is 2.16. The van der Waals surface area contributed by atoms with Crippen LogP contribution in [-0.4, -0.2) is 15.0 Å². The Morgan fingerprint density at radius 2 is 0.588 bits per heavy atom. The molecule has 0 saturated carbocycles. The van der Waals surface area contributed by atoms with Gasteiger partial charge in [0.1, 0.15) is 0 Å². The van der Waals surface area contributed by atoms with Crippen LogP contribution < -0.4 is 0 Å². The van der Waals surface area contributed by atoms with E-state index >= 15 is 0 Å². The predicted octanol–water partition coefficient (Wildman–Crippen LogP) is 17.3. The zero-order valence-corrected chi connectivity index (χ0v) is 37.0. The van der Waals surface area contributed by atoms with E-state index in [0.29, 0.717) is 17.5 Å². The minimum atomic E-state index is 0.620. The Labute approximate surface area is 394 Å². The molecule has 0 aliphatic heterocycles. The Hall–Kier alpha value is -9.05. The van der Waals surface area contributed by atoms with Crippen LogP contribution in [-0.2, 0) is 0 Å². The Morgan fingerprint density at radius 3 is 1.34 bits per heavy atom. The minimum absolute atomic E-state index is 0.620. The lowest BCUT2D eigenvalue weighted by atomic mass is 9.93. The fourth-order valence-electron chi connectivity index (χ4n) is 9.95. The number of nitrogens with zero attached hydrogens (tertiary/aromatic N) is 3. The Bertz CT molecular complexity index is 4070. The van der Waals surface area contributed by atoms with Crippen molar-refractivity contribution in [3.05, 3.63) is 249 Å². The predicted molar refractivity (Wildman–Crippen MR) is 285 cm³/mol. The second-order valence-corrected chi connectivity index (χ2v) is 17.6. The zero-order valence-electron chi connectivity index (χ0n) is 37.0. The van der Waals surface area contributed by atoms with Crippen LogP contribution in [0.2, 0.25) is 0 Å². The SMILES string of the molecule is c1cc(-c2ccc(-c3ccc4ccccc4c3)cc2)cc(-c2nc(-c3ccc(-c4cccc5ccccc45)cc3)nc(-c3ccc4c(-c5ccc6ccc7ccccc7c6c5)cccc4c3)n2)c1. The minimum Gasteiger partial charge on any atom is -0.208 e. The molecule has 0 radical (unpaired) electrons. The molecular weight excluding hydrogens is 823 g/mol. The average Bonchev–Trinajstić information content (AvgIpc) is 3.42. The summed E-state index contributed by atoms with van der Waals surface area (Å²) in [6.45, 7) is 0. The van der Waals surface area contributed by atoms with E-state index in [2.05, 4.69) is 249 Å². The van der Waals surface area contributed by atoms with Gasteiger partial charge in [-0.15, -0.1) is 0 Å². The van der Waals surface area contributed by atoms with Crippen LogP contribution in [0.1, 0.15) is 0 Å². The molecule has 0 fully saturated rings. The van der Waals surface area contributed by atoms with E-state index in [1.165, 1.54) is 76.3 Å². The Balaban J connectivity index is 0.896. The van der Waals surface area contributed by atoms with Crippen LogP contribution in [0.5, 0.6) is 0 Å². The van der Waals surface area contributed by atoms with Gasteiger partial charge in [-0.2, -0.15) is 0 Å². The first-order valence-corrected chi connectivity index (χ1v) is 23.2. The van der Waals surface area contributed by atoms with Crippen molar-refractivity contribution in [1.29, 1.82) is 0 Å². The first-order chi connectivity index (χ1) is 33.6. The molecule has 0 spiro atoms. The summed E-state index contributed by atoms with van der Waals surface area (Å²) in [4.78, 5) is 15.7. The van der Waals surface area contributed by atoms with Gasteiger partial charge in [-0.05, 0) is 123 Å². The van der Waals surface area contributed by atoms with Gasteiger partial charge in [-0.1, -0.05) is 224 Å². The summed E-state index contributed by atoms with van der Waals surface area (Å²) in [6.07, 6.45) is 0. The van der Waals surface area contributed by atoms with Gasteiger partial charge in [0, 0.05) is 16.7 Å². The third kappa shape index (κ3) is 7.15. The smallest absolute Gasteiger partial charge is 0.164 e. The van der Waals surface area contributed by atoms with Gasteiger partial charge in [0.25, 0.3) is 0 Å². The van der Waals surface area contributed by atoms with Crippen molar-refractivity contribution < 1.29 is 0 Å². The van der Waals surface area contributed by atoms with Gasteiger partial charge in [0.05, 0.1) is 0 Å². The van der Waals surface area contributed by atoms with Crippen molar-refractivity contribution in [2.75, 3.05) is 0 Å². The maximum Gasteiger partial charge on any atom is 0.164 e. The van der Waals surface area contributed by atoms with Crippen molar-refractivity contribution in [3.63, 3.8) is 0 Å². The summed E-state index contributed by atoms with van der Waals surface area (Å²) < 4.78 is 0. The van der Waals surface area contributed by atoms with Gasteiger partial charge in [-0.25, -0.2) is 15.0 Å². The molecule has 3 heteroatoms. The van der Waals surface area contributed by atoms with E-state index < -0.39 is 0 Å². The van der Waals surface area contributed by atoms with E-state index in [0.717, 1.165) is 38.8 Å². The summed E-state index contributed by atoms with van der Waals surface area (Å²) in [5, 5.41) is 12.2. The molecule has 1 heterocycles. The van der Waals surface area contributed by atoms with E-state index in [1.807, 2.05) is 0 Å². The highest BCUT2D eigenvalue weighted by molar-refractivity contribution is 6.10. The van der Waals surface area contributed by atoms with Gasteiger partial charge < -0.3 is 0 Å². The number of benzene rings is 12. The van der Waals surface area contributed by atoms with E-state index in [9.17, 15) is 0 Å². The molecule has 0 bridgehead atoms. The molecular formula is C65H41N3. The molecule has 0 N–H and O–H groups in total. The van der Waals surface area contributed by atoms with Crippen LogP contribution in [0.3, 0.4) is 0 Å². The molecule has 12 aromatic carbocycles. The van der Waals surface area contributed by atoms with E-state index in [-0.39, 0.29) is 0 Å². The van der Waals surface area contributed by atoms with E-state index in [1.54, 1.807) is 0 Å². The van der Waals surface area contributed by atoms with Crippen LogP contribution >= 0.6 is 0 Å². The molecule has 13 aromatic rings. The van der Waals surface area contributed by atoms with Gasteiger partial charge in [-0.3, -0.25) is 0 Å². The van der Waals surface area contributed by atoms with Gasteiger partial charge in [0.15, 0.2) is 17.5 Å². The molecule has 68 heavy (non-hydrogen) atoms. The molecule has 0 aliphatic carbocycles. The molecule has 0 aliphatic rings. The molecule has 0 amide bonds. The normalized spacial score (nSPS) is 11.5. The maximum absolute atomic E-state index is 5.24. The maximum atomic E-state index is 5.24. The standard InChI is InChI=1S/C65H41N3/c1-2-13-50-38-52(34-26-42(50)10-1)44-24-22-43(23-25-44)51-15-7-17-55(39-51)64-66-63(49-32-29-47(30-33-49)58-20-8-14-45-11-3-5-18-57(45)58)67-65(68-64)56-36-37-61-53(40-56)16-9-21-60(61)54-35-31-48-28-27-46-12-4-6-19-59(46)62(48)41-54/h1-41H. The fraction of sp³-hybridized carbons (Fsp3) is 0. The molecule has 316 valence electrons. The second-order valence-electron chi connectivity index (χ2n) is 17.6. The third-order valence-corrected chi connectivity index (χ3v) is 13.5. The highest BCUT2D eigenvalue weighted by atomic mass is 15.0. The fourth-order valence-corrected chi connectivity index (χ4v) is 9.95. The lowest BCUT2D eigenvalue weighted by Crippen LogP contribution is -2.00. The summed E-state index contributed by atoms with van der Waals surface area (Å²) in [7, 11) is 0. The number of aromatic nitrogens is 3. The number of rotatable bonds is 7. The molecule has 3 nitrogen and oxygen atoms in total. The van der Waals surface area contributed by atoms with Crippen LogP contribution in [0.4, 0.5) is 0 Å². The first-order valence-electron chi connectivity index (χ1n) is 23.2. The average molecular weight is 864 g/mol. The van der Waals surface area contributed by atoms with Crippen LogP contribution in [0, 0.1) is 0 Å². The van der Waals surface area contributed by atoms with E-state index in [4.69, 9.17) is 15.0 Å². The zero-order chi connectivity index (χ0) is 45.0. The van der Waals surface area contributed by atoms with Crippen molar-refractivity contribution >= 4 is 53.9 Å². The number of fused-ring (bicyclic) bond motifs is 6. The lowest BCUT2D eigenvalue weighted by molar-refractivity contribution is 1.07. The topological polar surface area (TPSA) is 38.7 Å². The molecule has 13 rings (SSSR count). The molecule has 0 unspecified atom stereocenters. The quantitative estimate of drug-likeness (QED) is 0.150. The van der Waals surface area contributed by atoms with Crippen molar-refractivity contribution in [2.24, 2.45) is 0 Å². The van der Waals surface area contributed by atoms with Crippen LogP contribution in [0.15, 0.2) is 249 Å². The molecule has 0 atom stereocenters. The number of hydrogen-bond acceptors (Lipinski definition) is 3. The molecule has 0 saturated heterocycles. The molecule has 1 aromatic heterocycles. The third-order valence-electron chi connectivity index (χ3n) is 13.5. The monoisotopic (exact) mass is 863 g/mol. The Kier molecular flexibility index (Phi) is 9.50. The van der Waals surface area contributed by atoms with Gasteiger partial charge in [0.2, 0.25) is 0 Å². The summed E-state index contributed by atoms with van der Waals surface area (Å²) in [5.41, 5.74) is 12.1. The highest BCUT2D eigenvalue weighted by Crippen LogP contribution is 2.37. The van der Waals surface area contributed by atoms with Crippen LogP contribution in [0.25, 0.3) is 133 Å².